The smallest absolute Gasteiger partial charge is 0.317 e. The normalized spacial score (nSPS) is 10.5. The zero-order chi connectivity index (χ0) is 8.10. The van der Waals surface area contributed by atoms with Crippen molar-refractivity contribution < 1.29 is 13.5 Å². The number of nitrogens with zero attached hydrogens (tertiary/aromatic N) is 2. The van der Waals surface area contributed by atoms with Crippen molar-refractivity contribution in [3.63, 3.8) is 0 Å². The summed E-state index contributed by atoms with van der Waals surface area (Å²) in [5.74, 6) is 0. The van der Waals surface area contributed by atoms with Gasteiger partial charge in [-0.15, -0.1) is 0 Å². The van der Waals surface area contributed by atoms with E-state index in [0.29, 0.717) is 5.69 Å². The lowest BCUT2D eigenvalue weighted by Crippen LogP contribution is -2.00. The van der Waals surface area contributed by atoms with Crippen molar-refractivity contribution in [2.75, 3.05) is 0 Å². The molecule has 1 aromatic heterocycles. The molecule has 0 fully saturated rings. The quantitative estimate of drug-likeness (QED) is 0.660. The average Bonchev–Trinajstić information content (AvgIpc) is 2.03. The van der Waals surface area contributed by atoms with Crippen LogP contribution in [-0.2, 0) is 11.3 Å². The molecule has 1 heterocycles. The molecule has 3 nitrogen and oxygen atoms in total. The lowest BCUT2D eigenvalue weighted by Gasteiger charge is -1.99. The van der Waals surface area contributed by atoms with Crippen LogP contribution in [0, 0.1) is 6.20 Å². The maximum atomic E-state index is 11.4. The fourth-order valence-electron chi connectivity index (χ4n) is 0.513. The van der Waals surface area contributed by atoms with E-state index in [1.165, 1.54) is 12.4 Å². The van der Waals surface area contributed by atoms with Gasteiger partial charge < -0.3 is 4.74 Å². The van der Waals surface area contributed by atoms with Gasteiger partial charge in [0.15, 0.2) is 0 Å². The molecular weight excluding hydrogens is 154 g/mol. The zero-order valence-electron chi connectivity index (χ0n) is 5.50. The van der Waals surface area contributed by atoms with Crippen LogP contribution >= 0.6 is 0 Å². The van der Waals surface area contributed by atoms with Crippen LogP contribution < -0.4 is 0 Å². The van der Waals surface area contributed by atoms with Gasteiger partial charge in [0.2, 0.25) is 0 Å². The van der Waals surface area contributed by atoms with E-state index in [9.17, 15) is 8.78 Å². The highest BCUT2D eigenvalue weighted by molar-refractivity contribution is 4.94. The van der Waals surface area contributed by atoms with Gasteiger partial charge in [-0.2, -0.15) is 8.78 Å². The zero-order valence-corrected chi connectivity index (χ0v) is 5.50. The van der Waals surface area contributed by atoms with Crippen molar-refractivity contribution in [3.8, 4) is 0 Å². The van der Waals surface area contributed by atoms with E-state index < -0.39 is 6.61 Å². The first-order chi connectivity index (χ1) is 5.29. The van der Waals surface area contributed by atoms with Crippen molar-refractivity contribution in [2.45, 2.75) is 13.2 Å². The van der Waals surface area contributed by atoms with Gasteiger partial charge >= 0.3 is 6.61 Å². The molecule has 0 aliphatic heterocycles. The van der Waals surface area contributed by atoms with Crippen LogP contribution in [0.3, 0.4) is 0 Å². The number of ether oxygens (including phenoxy) is 1. The first kappa shape index (κ1) is 8.00. The molecule has 0 amide bonds. The summed E-state index contributed by atoms with van der Waals surface area (Å²) < 4.78 is 26.9. The van der Waals surface area contributed by atoms with Crippen molar-refractivity contribution in [1.29, 1.82) is 0 Å². The van der Waals surface area contributed by atoms with Crippen LogP contribution in [0.25, 0.3) is 0 Å². The fourth-order valence-corrected chi connectivity index (χ4v) is 0.513. The van der Waals surface area contributed by atoms with E-state index in [4.69, 9.17) is 0 Å². The van der Waals surface area contributed by atoms with Crippen LogP contribution in [0.4, 0.5) is 8.78 Å². The minimum absolute atomic E-state index is 0.212. The minimum atomic E-state index is -2.76. The molecular formula is C6H5F2N2O. The predicted molar refractivity (Wildman–Crippen MR) is 31.7 cm³/mol. The third-order valence-corrected chi connectivity index (χ3v) is 0.944. The number of hydrogen-bond acceptors (Lipinski definition) is 3. The van der Waals surface area contributed by atoms with Crippen LogP contribution in [0.2, 0.25) is 0 Å². The average molecular weight is 159 g/mol. The second kappa shape index (κ2) is 3.92. The Labute approximate surface area is 62.0 Å². The predicted octanol–water partition coefficient (Wildman–Crippen LogP) is 1.02. The van der Waals surface area contributed by atoms with E-state index >= 15 is 0 Å². The third-order valence-electron chi connectivity index (χ3n) is 0.944. The minimum Gasteiger partial charge on any atom is -0.317 e. The van der Waals surface area contributed by atoms with E-state index in [2.05, 4.69) is 20.9 Å². The molecule has 1 aromatic rings. The topological polar surface area (TPSA) is 35.0 Å². The third kappa shape index (κ3) is 2.99. The Hall–Kier alpha value is -1.10. The first-order valence-electron chi connectivity index (χ1n) is 2.86. The molecule has 0 aliphatic carbocycles. The van der Waals surface area contributed by atoms with Crippen molar-refractivity contribution >= 4 is 0 Å². The summed E-state index contributed by atoms with van der Waals surface area (Å²) in [6.45, 7) is -2.97. The largest absolute Gasteiger partial charge is 0.345 e. The van der Waals surface area contributed by atoms with Crippen molar-refractivity contribution in [1.82, 2.24) is 9.97 Å². The number of halogens is 2. The molecule has 0 saturated carbocycles. The molecule has 0 aliphatic rings. The number of rotatable bonds is 3. The van der Waals surface area contributed by atoms with Crippen molar-refractivity contribution in [2.24, 2.45) is 0 Å². The molecule has 5 heteroatoms. The lowest BCUT2D eigenvalue weighted by molar-refractivity contribution is -0.137. The molecule has 11 heavy (non-hydrogen) atoms. The van der Waals surface area contributed by atoms with E-state index in [1.807, 2.05) is 0 Å². The van der Waals surface area contributed by atoms with Crippen LogP contribution in [-0.4, -0.2) is 16.6 Å². The summed E-state index contributed by atoms with van der Waals surface area (Å²) in [5, 5.41) is 0. The Bertz CT molecular complexity index is 205. The highest BCUT2D eigenvalue weighted by Gasteiger charge is 2.01. The Morgan fingerprint density at radius 2 is 2.45 bits per heavy atom. The van der Waals surface area contributed by atoms with Crippen LogP contribution in [0.5, 0.6) is 0 Å². The molecule has 0 saturated heterocycles. The molecule has 0 aromatic carbocycles. The van der Waals surface area contributed by atoms with Crippen LogP contribution in [0.1, 0.15) is 5.69 Å². The summed E-state index contributed by atoms with van der Waals surface area (Å²) in [4.78, 5) is 7.14. The summed E-state index contributed by atoms with van der Waals surface area (Å²) in [6, 6.07) is 1.39. The second-order valence-corrected chi connectivity index (χ2v) is 1.71. The highest BCUT2D eigenvalue weighted by atomic mass is 19.3. The summed E-state index contributed by atoms with van der Waals surface area (Å²) >= 11 is 0. The number of hydrogen-bond donors (Lipinski definition) is 0. The van der Waals surface area contributed by atoms with Gasteiger partial charge in [0.1, 0.15) is 6.33 Å². The summed E-state index contributed by atoms with van der Waals surface area (Å²) in [7, 11) is 0. The molecule has 1 rings (SSSR count). The van der Waals surface area contributed by atoms with Crippen LogP contribution in [0.15, 0.2) is 12.4 Å². The first-order valence-corrected chi connectivity index (χ1v) is 2.86. The Morgan fingerprint density at radius 1 is 1.64 bits per heavy atom. The van der Waals surface area contributed by atoms with Gasteiger partial charge in [0.25, 0.3) is 0 Å². The molecule has 59 valence electrons. The SMILES string of the molecule is FC(F)OCc1c[c]ncn1. The van der Waals surface area contributed by atoms with Gasteiger partial charge in [0, 0.05) is 0 Å². The number of alkyl halides is 2. The number of aromatic nitrogens is 2. The monoisotopic (exact) mass is 159 g/mol. The van der Waals surface area contributed by atoms with E-state index in [1.54, 1.807) is 0 Å². The van der Waals surface area contributed by atoms with E-state index in [-0.39, 0.29) is 6.61 Å². The molecule has 0 N–H and O–H groups in total. The standard InChI is InChI=1S/C6H5F2N2O/c7-6(8)11-3-5-1-2-9-4-10-5/h1,4,6H,3H2. The molecule has 0 atom stereocenters. The molecule has 0 unspecified atom stereocenters. The van der Waals surface area contributed by atoms with Gasteiger partial charge in [-0.05, 0) is 6.07 Å². The summed E-state index contributed by atoms with van der Waals surface area (Å²) in [5.41, 5.74) is 0.389. The maximum absolute atomic E-state index is 11.4. The Morgan fingerprint density at radius 3 is 3.00 bits per heavy atom. The van der Waals surface area contributed by atoms with Gasteiger partial charge in [0.05, 0.1) is 18.5 Å². The van der Waals surface area contributed by atoms with Gasteiger partial charge in [-0.3, -0.25) is 0 Å². The Kier molecular flexibility index (Phi) is 2.85. The molecule has 0 bridgehead atoms. The van der Waals surface area contributed by atoms with Gasteiger partial charge in [-0.1, -0.05) is 0 Å². The second-order valence-electron chi connectivity index (χ2n) is 1.71. The molecule has 1 radical (unpaired) electrons. The van der Waals surface area contributed by atoms with E-state index in [0.717, 1.165) is 0 Å². The molecule has 0 spiro atoms. The van der Waals surface area contributed by atoms with Crippen molar-refractivity contribution in [3.05, 3.63) is 24.3 Å². The Balaban J connectivity index is 2.39. The summed E-state index contributed by atoms with van der Waals surface area (Å²) in [6.07, 6.45) is 3.67. The lowest BCUT2D eigenvalue weighted by atomic mass is 10.4. The fraction of sp³-hybridized carbons (Fsp3) is 0.333. The maximum Gasteiger partial charge on any atom is 0.345 e. The highest BCUT2D eigenvalue weighted by Crippen LogP contribution is 2.00. The van der Waals surface area contributed by atoms with Gasteiger partial charge in [-0.25, -0.2) is 9.97 Å².